The molecule has 0 aromatic heterocycles. The molecule has 0 nitrogen and oxygen atoms in total. The van der Waals surface area contributed by atoms with Gasteiger partial charge in [0.25, 0.3) is 0 Å². The van der Waals surface area contributed by atoms with Crippen LogP contribution in [0.4, 0.5) is 0 Å². The van der Waals surface area contributed by atoms with Gasteiger partial charge in [0.2, 0.25) is 0 Å². The molecule has 0 atom stereocenters. The SMILES string of the molecule is CCc1cccc2c(C)ccc(C)c12. The standard InChI is InChI=1S/C14H16/c1-4-12-6-5-7-13-10(2)8-9-11(3)14(12)13/h5-9H,4H2,1-3H3. The van der Waals surface area contributed by atoms with Gasteiger partial charge >= 0.3 is 0 Å². The van der Waals surface area contributed by atoms with Crippen LogP contribution in [0.2, 0.25) is 0 Å². The first kappa shape index (κ1) is 9.26. The molecule has 0 spiro atoms. The van der Waals surface area contributed by atoms with Gasteiger partial charge in [-0.2, -0.15) is 0 Å². The van der Waals surface area contributed by atoms with Crippen molar-refractivity contribution in [2.45, 2.75) is 27.2 Å². The highest BCUT2D eigenvalue weighted by Crippen LogP contribution is 2.25. The number of fused-ring (bicyclic) bond motifs is 1. The summed E-state index contributed by atoms with van der Waals surface area (Å²) in [7, 11) is 0. The Morgan fingerprint density at radius 2 is 1.64 bits per heavy atom. The highest BCUT2D eigenvalue weighted by molar-refractivity contribution is 5.91. The summed E-state index contributed by atoms with van der Waals surface area (Å²) in [4.78, 5) is 0. The van der Waals surface area contributed by atoms with Gasteiger partial charge < -0.3 is 0 Å². The van der Waals surface area contributed by atoms with Crippen LogP contribution in [0.25, 0.3) is 10.8 Å². The number of benzene rings is 2. The van der Waals surface area contributed by atoms with Gasteiger partial charge in [0.15, 0.2) is 0 Å². The quantitative estimate of drug-likeness (QED) is 0.628. The van der Waals surface area contributed by atoms with E-state index in [4.69, 9.17) is 0 Å². The first-order valence-corrected chi connectivity index (χ1v) is 5.22. The molecular weight excluding hydrogens is 168 g/mol. The van der Waals surface area contributed by atoms with Crippen LogP contribution in [-0.2, 0) is 6.42 Å². The Bertz CT molecular complexity index is 467. The van der Waals surface area contributed by atoms with Gasteiger partial charge in [-0.1, -0.05) is 37.3 Å². The van der Waals surface area contributed by atoms with Gasteiger partial charge in [0.1, 0.15) is 0 Å². The van der Waals surface area contributed by atoms with E-state index in [1.807, 2.05) is 0 Å². The monoisotopic (exact) mass is 184 g/mol. The van der Waals surface area contributed by atoms with Crippen LogP contribution in [0.15, 0.2) is 30.3 Å². The van der Waals surface area contributed by atoms with E-state index in [0.717, 1.165) is 6.42 Å². The van der Waals surface area contributed by atoms with Crippen molar-refractivity contribution in [2.75, 3.05) is 0 Å². The van der Waals surface area contributed by atoms with Crippen LogP contribution < -0.4 is 0 Å². The fraction of sp³-hybridized carbons (Fsp3) is 0.286. The average Bonchev–Trinajstić information content (AvgIpc) is 2.23. The molecule has 0 fully saturated rings. The van der Waals surface area contributed by atoms with Crippen molar-refractivity contribution < 1.29 is 0 Å². The molecule has 0 heteroatoms. The number of hydrogen-bond acceptors (Lipinski definition) is 0. The summed E-state index contributed by atoms with van der Waals surface area (Å²) in [6.07, 6.45) is 1.11. The van der Waals surface area contributed by atoms with Crippen LogP contribution in [0.5, 0.6) is 0 Å². The molecule has 0 saturated heterocycles. The smallest absolute Gasteiger partial charge is 0.0120 e. The van der Waals surface area contributed by atoms with E-state index in [0.29, 0.717) is 0 Å². The van der Waals surface area contributed by atoms with Crippen molar-refractivity contribution in [1.82, 2.24) is 0 Å². The highest BCUT2D eigenvalue weighted by atomic mass is 14.1. The molecule has 0 radical (unpaired) electrons. The van der Waals surface area contributed by atoms with Crippen LogP contribution >= 0.6 is 0 Å². The maximum absolute atomic E-state index is 2.23. The maximum Gasteiger partial charge on any atom is -0.0120 e. The molecule has 0 heterocycles. The zero-order chi connectivity index (χ0) is 10.1. The van der Waals surface area contributed by atoms with E-state index in [9.17, 15) is 0 Å². The van der Waals surface area contributed by atoms with Gasteiger partial charge in [0.05, 0.1) is 0 Å². The third kappa shape index (κ3) is 1.31. The molecule has 0 aliphatic heterocycles. The molecule has 0 bridgehead atoms. The number of aryl methyl sites for hydroxylation is 3. The van der Waals surface area contributed by atoms with E-state index in [2.05, 4.69) is 51.1 Å². The third-order valence-corrected chi connectivity index (χ3v) is 2.93. The Balaban J connectivity index is 2.92. The largest absolute Gasteiger partial charge is 0.0613 e. The van der Waals surface area contributed by atoms with Crippen molar-refractivity contribution in [3.05, 3.63) is 47.0 Å². The summed E-state index contributed by atoms with van der Waals surface area (Å²) >= 11 is 0. The second kappa shape index (κ2) is 3.45. The molecule has 0 N–H and O–H groups in total. The molecule has 0 aliphatic rings. The second-order valence-corrected chi connectivity index (χ2v) is 3.89. The zero-order valence-corrected chi connectivity index (χ0v) is 9.09. The lowest BCUT2D eigenvalue weighted by atomic mass is 9.96. The van der Waals surface area contributed by atoms with Crippen molar-refractivity contribution in [3.8, 4) is 0 Å². The molecule has 0 amide bonds. The van der Waals surface area contributed by atoms with Crippen molar-refractivity contribution in [2.24, 2.45) is 0 Å². The third-order valence-electron chi connectivity index (χ3n) is 2.93. The van der Waals surface area contributed by atoms with Crippen LogP contribution in [0.3, 0.4) is 0 Å². The van der Waals surface area contributed by atoms with E-state index >= 15 is 0 Å². The molecule has 0 aliphatic carbocycles. The van der Waals surface area contributed by atoms with Crippen molar-refractivity contribution >= 4 is 10.8 Å². The Hall–Kier alpha value is -1.30. The van der Waals surface area contributed by atoms with Crippen LogP contribution in [0.1, 0.15) is 23.6 Å². The topological polar surface area (TPSA) is 0 Å². The minimum absolute atomic E-state index is 1.11. The van der Waals surface area contributed by atoms with E-state index in [1.165, 1.54) is 27.5 Å². The van der Waals surface area contributed by atoms with Gasteiger partial charge in [-0.05, 0) is 47.7 Å². The zero-order valence-electron chi connectivity index (χ0n) is 9.09. The first-order chi connectivity index (χ1) is 6.74. The lowest BCUT2D eigenvalue weighted by Gasteiger charge is -2.09. The summed E-state index contributed by atoms with van der Waals surface area (Å²) in [6.45, 7) is 6.60. The minimum atomic E-state index is 1.11. The molecule has 72 valence electrons. The fourth-order valence-electron chi connectivity index (χ4n) is 2.11. The van der Waals surface area contributed by atoms with Crippen LogP contribution in [0, 0.1) is 13.8 Å². The summed E-state index contributed by atoms with van der Waals surface area (Å²) in [6, 6.07) is 11.0. The summed E-state index contributed by atoms with van der Waals surface area (Å²) in [5.41, 5.74) is 4.23. The number of rotatable bonds is 1. The highest BCUT2D eigenvalue weighted by Gasteiger charge is 2.03. The Morgan fingerprint density at radius 1 is 0.929 bits per heavy atom. The average molecular weight is 184 g/mol. The van der Waals surface area contributed by atoms with Gasteiger partial charge in [-0.15, -0.1) is 0 Å². The molecule has 2 rings (SSSR count). The molecule has 0 unspecified atom stereocenters. The van der Waals surface area contributed by atoms with Gasteiger partial charge in [-0.3, -0.25) is 0 Å². The van der Waals surface area contributed by atoms with Crippen molar-refractivity contribution in [3.63, 3.8) is 0 Å². The second-order valence-electron chi connectivity index (χ2n) is 3.89. The Kier molecular flexibility index (Phi) is 2.28. The molecule has 14 heavy (non-hydrogen) atoms. The van der Waals surface area contributed by atoms with E-state index in [-0.39, 0.29) is 0 Å². The lowest BCUT2D eigenvalue weighted by Crippen LogP contribution is -1.88. The minimum Gasteiger partial charge on any atom is -0.0613 e. The predicted molar refractivity (Wildman–Crippen MR) is 62.8 cm³/mol. The van der Waals surface area contributed by atoms with Gasteiger partial charge in [-0.25, -0.2) is 0 Å². The molecular formula is C14H16. The summed E-state index contributed by atoms with van der Waals surface area (Å²) in [5, 5.41) is 2.86. The molecule has 2 aromatic rings. The van der Waals surface area contributed by atoms with Crippen molar-refractivity contribution in [1.29, 1.82) is 0 Å². The molecule has 0 saturated carbocycles. The first-order valence-electron chi connectivity index (χ1n) is 5.22. The van der Waals surface area contributed by atoms with Gasteiger partial charge in [0, 0.05) is 0 Å². The molecule has 2 aromatic carbocycles. The Labute approximate surface area is 85.6 Å². The maximum atomic E-state index is 2.23. The van der Waals surface area contributed by atoms with E-state index < -0.39 is 0 Å². The van der Waals surface area contributed by atoms with E-state index in [1.54, 1.807) is 0 Å². The fourth-order valence-corrected chi connectivity index (χ4v) is 2.11. The lowest BCUT2D eigenvalue weighted by molar-refractivity contribution is 1.15. The Morgan fingerprint density at radius 3 is 2.36 bits per heavy atom. The normalized spacial score (nSPS) is 10.8. The predicted octanol–water partition coefficient (Wildman–Crippen LogP) is 4.02. The number of hydrogen-bond donors (Lipinski definition) is 0. The van der Waals surface area contributed by atoms with Crippen LogP contribution in [-0.4, -0.2) is 0 Å². The summed E-state index contributed by atoms with van der Waals surface area (Å²) < 4.78 is 0. The summed E-state index contributed by atoms with van der Waals surface area (Å²) in [5.74, 6) is 0.